The molecule has 0 aliphatic carbocycles. The Labute approximate surface area is 116 Å². The number of nitrogens with zero attached hydrogens (tertiary/aromatic N) is 1. The highest BCUT2D eigenvalue weighted by molar-refractivity contribution is 7.12. The molecule has 19 heavy (non-hydrogen) atoms. The minimum atomic E-state index is -0.314. The van der Waals surface area contributed by atoms with Crippen LogP contribution in [-0.2, 0) is 9.53 Å². The number of nitrogens with one attached hydrogen (secondary N) is 1. The molecule has 2 rings (SSSR count). The average molecular weight is 282 g/mol. The second kappa shape index (κ2) is 5.71. The molecule has 1 saturated heterocycles. The Bertz CT molecular complexity index is 456. The summed E-state index contributed by atoms with van der Waals surface area (Å²) in [5.74, 6) is -0.267. The predicted octanol–water partition coefficient (Wildman–Crippen LogP) is 1.12. The van der Waals surface area contributed by atoms with Gasteiger partial charge in [0.2, 0.25) is 5.91 Å². The van der Waals surface area contributed by atoms with Gasteiger partial charge < -0.3 is 15.0 Å². The van der Waals surface area contributed by atoms with Crippen molar-refractivity contribution >= 4 is 23.2 Å². The van der Waals surface area contributed by atoms with Crippen LogP contribution in [0, 0.1) is 0 Å². The Kier molecular flexibility index (Phi) is 4.21. The number of hydrogen-bond acceptors (Lipinski definition) is 4. The van der Waals surface area contributed by atoms with Crippen LogP contribution in [0.3, 0.4) is 0 Å². The van der Waals surface area contributed by atoms with Gasteiger partial charge >= 0.3 is 0 Å². The van der Waals surface area contributed by atoms with E-state index in [0.717, 1.165) is 0 Å². The minimum Gasteiger partial charge on any atom is -0.372 e. The van der Waals surface area contributed by atoms with E-state index in [1.54, 1.807) is 11.0 Å². The summed E-state index contributed by atoms with van der Waals surface area (Å²) < 4.78 is 5.55. The topological polar surface area (TPSA) is 58.6 Å². The Balaban J connectivity index is 1.83. The van der Waals surface area contributed by atoms with Gasteiger partial charge in [-0.1, -0.05) is 6.07 Å². The summed E-state index contributed by atoms with van der Waals surface area (Å²) in [6.07, 6.45) is 0. The van der Waals surface area contributed by atoms with Gasteiger partial charge in [-0.3, -0.25) is 9.59 Å². The smallest absolute Gasteiger partial charge is 0.261 e. The molecular weight excluding hydrogens is 264 g/mol. The van der Waals surface area contributed by atoms with Crippen molar-refractivity contribution in [1.82, 2.24) is 10.2 Å². The molecule has 0 spiro atoms. The molecule has 1 aromatic heterocycles. The number of carbonyl (C=O) groups is 2. The third-order valence-corrected chi connectivity index (χ3v) is 3.79. The molecular formula is C13H18N2O3S. The van der Waals surface area contributed by atoms with E-state index in [2.05, 4.69) is 5.32 Å². The number of ether oxygens (including phenoxy) is 1. The lowest BCUT2D eigenvalue weighted by Gasteiger charge is -2.38. The standard InChI is InChI=1S/C13H18N2O3S/c1-13(2)9-15(5-6-18-13)11(16)8-14-12(17)10-4-3-7-19-10/h3-4,7H,5-6,8-9H2,1-2H3,(H,14,17). The molecule has 6 heteroatoms. The van der Waals surface area contributed by atoms with Gasteiger partial charge in [-0.05, 0) is 25.3 Å². The van der Waals surface area contributed by atoms with Gasteiger partial charge in [-0.2, -0.15) is 0 Å². The van der Waals surface area contributed by atoms with Crippen molar-refractivity contribution in [2.45, 2.75) is 19.4 Å². The van der Waals surface area contributed by atoms with Crippen LogP contribution in [0.25, 0.3) is 0 Å². The first-order chi connectivity index (χ1) is 8.98. The van der Waals surface area contributed by atoms with Crippen LogP contribution in [0.4, 0.5) is 0 Å². The van der Waals surface area contributed by atoms with Crippen molar-refractivity contribution in [1.29, 1.82) is 0 Å². The molecule has 0 radical (unpaired) electrons. The lowest BCUT2D eigenvalue weighted by Crippen LogP contribution is -2.52. The first-order valence-electron chi connectivity index (χ1n) is 6.21. The molecule has 0 aromatic carbocycles. The molecule has 1 aliphatic heterocycles. The maximum atomic E-state index is 12.0. The summed E-state index contributed by atoms with van der Waals surface area (Å²) in [5, 5.41) is 4.48. The SMILES string of the molecule is CC1(C)CN(C(=O)CNC(=O)c2cccs2)CCO1. The average Bonchev–Trinajstić information content (AvgIpc) is 2.88. The quantitative estimate of drug-likeness (QED) is 0.903. The first kappa shape index (κ1) is 14.0. The third kappa shape index (κ3) is 3.78. The summed E-state index contributed by atoms with van der Waals surface area (Å²) >= 11 is 1.36. The van der Waals surface area contributed by atoms with E-state index in [-0.39, 0.29) is 24.0 Å². The normalized spacial score (nSPS) is 18.1. The molecule has 0 saturated carbocycles. The van der Waals surface area contributed by atoms with E-state index < -0.39 is 0 Å². The number of carbonyl (C=O) groups excluding carboxylic acids is 2. The van der Waals surface area contributed by atoms with E-state index in [1.807, 2.05) is 25.3 Å². The van der Waals surface area contributed by atoms with Gasteiger partial charge in [-0.15, -0.1) is 11.3 Å². The molecule has 1 N–H and O–H groups in total. The van der Waals surface area contributed by atoms with E-state index >= 15 is 0 Å². The van der Waals surface area contributed by atoms with Crippen LogP contribution in [0.2, 0.25) is 0 Å². The maximum absolute atomic E-state index is 12.0. The molecule has 2 heterocycles. The summed E-state index contributed by atoms with van der Waals surface area (Å²) in [6.45, 7) is 5.62. The van der Waals surface area contributed by atoms with Gasteiger partial charge in [0.15, 0.2) is 0 Å². The lowest BCUT2D eigenvalue weighted by atomic mass is 10.1. The fraction of sp³-hybridized carbons (Fsp3) is 0.538. The van der Waals surface area contributed by atoms with Crippen molar-refractivity contribution in [3.63, 3.8) is 0 Å². The number of hydrogen-bond donors (Lipinski definition) is 1. The Hall–Kier alpha value is -1.40. The first-order valence-corrected chi connectivity index (χ1v) is 7.09. The highest BCUT2D eigenvalue weighted by atomic mass is 32.1. The van der Waals surface area contributed by atoms with Crippen molar-refractivity contribution in [2.24, 2.45) is 0 Å². The van der Waals surface area contributed by atoms with Gasteiger partial charge in [-0.25, -0.2) is 0 Å². The number of morpholine rings is 1. The molecule has 0 unspecified atom stereocenters. The molecule has 1 fully saturated rings. The van der Waals surface area contributed by atoms with Gasteiger partial charge in [0.25, 0.3) is 5.91 Å². The van der Waals surface area contributed by atoms with Crippen LogP contribution < -0.4 is 5.32 Å². The van der Waals surface area contributed by atoms with Crippen molar-refractivity contribution in [3.05, 3.63) is 22.4 Å². The second-order valence-corrected chi connectivity index (χ2v) is 6.03. The van der Waals surface area contributed by atoms with Crippen LogP contribution in [-0.4, -0.2) is 48.6 Å². The van der Waals surface area contributed by atoms with Crippen molar-refractivity contribution < 1.29 is 14.3 Å². The van der Waals surface area contributed by atoms with Gasteiger partial charge in [0.05, 0.1) is 23.6 Å². The third-order valence-electron chi connectivity index (χ3n) is 2.92. The summed E-state index contributed by atoms with van der Waals surface area (Å²) in [4.78, 5) is 26.1. The lowest BCUT2D eigenvalue weighted by molar-refractivity contribution is -0.144. The zero-order valence-electron chi connectivity index (χ0n) is 11.1. The van der Waals surface area contributed by atoms with E-state index in [0.29, 0.717) is 24.6 Å². The highest BCUT2D eigenvalue weighted by Crippen LogP contribution is 2.16. The van der Waals surface area contributed by atoms with Crippen LogP contribution in [0.15, 0.2) is 17.5 Å². The Morgan fingerprint density at radius 3 is 2.95 bits per heavy atom. The number of amides is 2. The molecule has 1 aromatic rings. The zero-order valence-corrected chi connectivity index (χ0v) is 12.0. The molecule has 0 bridgehead atoms. The molecule has 2 amide bonds. The van der Waals surface area contributed by atoms with Crippen LogP contribution >= 0.6 is 11.3 Å². The second-order valence-electron chi connectivity index (χ2n) is 5.08. The highest BCUT2D eigenvalue weighted by Gasteiger charge is 2.29. The molecule has 1 aliphatic rings. The Morgan fingerprint density at radius 1 is 1.53 bits per heavy atom. The largest absolute Gasteiger partial charge is 0.372 e. The van der Waals surface area contributed by atoms with E-state index in [4.69, 9.17) is 4.74 Å². The summed E-state index contributed by atoms with van der Waals surface area (Å²) in [7, 11) is 0. The number of rotatable bonds is 3. The van der Waals surface area contributed by atoms with E-state index in [1.165, 1.54) is 11.3 Å². The summed E-state index contributed by atoms with van der Waals surface area (Å²) in [5.41, 5.74) is -0.314. The molecule has 5 nitrogen and oxygen atoms in total. The maximum Gasteiger partial charge on any atom is 0.261 e. The van der Waals surface area contributed by atoms with Crippen LogP contribution in [0.1, 0.15) is 23.5 Å². The van der Waals surface area contributed by atoms with Gasteiger partial charge in [0.1, 0.15) is 0 Å². The molecule has 104 valence electrons. The zero-order chi connectivity index (χ0) is 13.9. The minimum absolute atomic E-state index is 0.0345. The predicted molar refractivity (Wildman–Crippen MR) is 73.3 cm³/mol. The van der Waals surface area contributed by atoms with E-state index in [9.17, 15) is 9.59 Å². The van der Waals surface area contributed by atoms with Gasteiger partial charge in [0, 0.05) is 13.1 Å². The fourth-order valence-electron chi connectivity index (χ4n) is 1.99. The van der Waals surface area contributed by atoms with Crippen molar-refractivity contribution in [3.8, 4) is 0 Å². The Morgan fingerprint density at radius 2 is 2.32 bits per heavy atom. The number of thiophene rings is 1. The fourth-order valence-corrected chi connectivity index (χ4v) is 2.63. The van der Waals surface area contributed by atoms with Crippen LogP contribution in [0.5, 0.6) is 0 Å². The summed E-state index contributed by atoms with van der Waals surface area (Å²) in [6, 6.07) is 3.55. The molecule has 0 atom stereocenters. The monoisotopic (exact) mass is 282 g/mol. The van der Waals surface area contributed by atoms with Crippen molar-refractivity contribution in [2.75, 3.05) is 26.2 Å².